The maximum Gasteiger partial charge on any atom is 0.248 e. The summed E-state index contributed by atoms with van der Waals surface area (Å²) >= 11 is 0. The monoisotopic (exact) mass is 255 g/mol. The highest BCUT2D eigenvalue weighted by Gasteiger charge is 2.10. The van der Waals surface area contributed by atoms with Crippen LogP contribution in [0.3, 0.4) is 0 Å². The topological polar surface area (TPSA) is 72.3 Å². The van der Waals surface area contributed by atoms with Crippen molar-refractivity contribution >= 4 is 23.0 Å². The number of hydrogen-bond acceptors (Lipinski definition) is 3. The molecule has 98 valence electrons. The zero-order valence-electron chi connectivity index (χ0n) is 11.1. The maximum atomic E-state index is 11.2. The van der Waals surface area contributed by atoms with Gasteiger partial charge < -0.3 is 16.4 Å². The Kier molecular flexibility index (Phi) is 3.42. The Hall–Kier alpha value is -2.49. The standard InChI is InChI=1S/C15H17N3O/c1-10-4-3-5-12(8-10)18(2)14-9-11(15(17)19)6-7-13(14)16/h3-9H,16H2,1-2H3,(H2,17,19). The Morgan fingerprint density at radius 2 is 1.89 bits per heavy atom. The number of nitrogen functional groups attached to an aromatic ring is 1. The van der Waals surface area contributed by atoms with Crippen molar-refractivity contribution in [3.8, 4) is 0 Å². The molecule has 4 N–H and O–H groups in total. The third-order valence-electron chi connectivity index (χ3n) is 3.07. The molecule has 0 aliphatic carbocycles. The molecule has 4 nitrogen and oxygen atoms in total. The fraction of sp³-hybridized carbons (Fsp3) is 0.133. The van der Waals surface area contributed by atoms with Crippen molar-refractivity contribution in [3.63, 3.8) is 0 Å². The molecular formula is C15H17N3O. The van der Waals surface area contributed by atoms with Crippen molar-refractivity contribution in [1.82, 2.24) is 0 Å². The summed E-state index contributed by atoms with van der Waals surface area (Å²) in [5.41, 5.74) is 15.3. The van der Waals surface area contributed by atoms with E-state index in [0.717, 1.165) is 16.9 Å². The first-order valence-electron chi connectivity index (χ1n) is 5.99. The van der Waals surface area contributed by atoms with Gasteiger partial charge in [0.25, 0.3) is 0 Å². The van der Waals surface area contributed by atoms with Crippen LogP contribution in [0.1, 0.15) is 15.9 Å². The van der Waals surface area contributed by atoms with Crippen molar-refractivity contribution in [3.05, 3.63) is 53.6 Å². The number of nitrogens with zero attached hydrogens (tertiary/aromatic N) is 1. The summed E-state index contributed by atoms with van der Waals surface area (Å²) in [6, 6.07) is 13.1. The number of benzene rings is 2. The fourth-order valence-electron chi connectivity index (χ4n) is 1.96. The van der Waals surface area contributed by atoms with Crippen LogP contribution >= 0.6 is 0 Å². The van der Waals surface area contributed by atoms with Crippen molar-refractivity contribution < 1.29 is 4.79 Å². The first kappa shape index (κ1) is 13.0. The van der Waals surface area contributed by atoms with Gasteiger partial charge in [0.05, 0.1) is 11.4 Å². The van der Waals surface area contributed by atoms with Crippen LogP contribution in [0, 0.1) is 6.92 Å². The number of carbonyl (C=O) groups is 1. The number of amides is 1. The molecule has 0 saturated carbocycles. The molecule has 0 fully saturated rings. The van der Waals surface area contributed by atoms with Crippen LogP contribution in [0.5, 0.6) is 0 Å². The second-order valence-corrected chi connectivity index (χ2v) is 4.54. The lowest BCUT2D eigenvalue weighted by Crippen LogP contribution is -2.15. The Bertz CT molecular complexity index is 623. The smallest absolute Gasteiger partial charge is 0.248 e. The van der Waals surface area contributed by atoms with E-state index in [1.807, 2.05) is 37.1 Å². The molecule has 19 heavy (non-hydrogen) atoms. The summed E-state index contributed by atoms with van der Waals surface area (Å²) in [4.78, 5) is 13.2. The minimum Gasteiger partial charge on any atom is -0.397 e. The average Bonchev–Trinajstić information content (AvgIpc) is 2.38. The minimum atomic E-state index is -0.459. The van der Waals surface area contributed by atoms with Crippen LogP contribution in [0.2, 0.25) is 0 Å². The summed E-state index contributed by atoms with van der Waals surface area (Å²) in [5, 5.41) is 0. The molecule has 0 atom stereocenters. The van der Waals surface area contributed by atoms with E-state index in [1.165, 1.54) is 0 Å². The second kappa shape index (κ2) is 5.02. The fourth-order valence-corrected chi connectivity index (χ4v) is 1.96. The normalized spacial score (nSPS) is 10.2. The van der Waals surface area contributed by atoms with Crippen molar-refractivity contribution in [1.29, 1.82) is 0 Å². The van der Waals surface area contributed by atoms with E-state index in [2.05, 4.69) is 6.07 Å². The van der Waals surface area contributed by atoms with E-state index in [9.17, 15) is 4.79 Å². The van der Waals surface area contributed by atoms with Gasteiger partial charge in [-0.15, -0.1) is 0 Å². The van der Waals surface area contributed by atoms with E-state index in [0.29, 0.717) is 11.3 Å². The van der Waals surface area contributed by atoms with E-state index < -0.39 is 5.91 Å². The van der Waals surface area contributed by atoms with E-state index in [1.54, 1.807) is 18.2 Å². The zero-order valence-corrected chi connectivity index (χ0v) is 11.1. The van der Waals surface area contributed by atoms with Crippen LogP contribution in [-0.4, -0.2) is 13.0 Å². The van der Waals surface area contributed by atoms with Crippen LogP contribution in [-0.2, 0) is 0 Å². The van der Waals surface area contributed by atoms with Gasteiger partial charge >= 0.3 is 0 Å². The Balaban J connectivity index is 2.46. The molecule has 0 aliphatic rings. The molecule has 0 aromatic heterocycles. The molecule has 0 unspecified atom stereocenters. The SMILES string of the molecule is Cc1cccc(N(C)c2cc(C(N)=O)ccc2N)c1. The van der Waals surface area contributed by atoms with Crippen molar-refractivity contribution in [2.75, 3.05) is 17.7 Å². The lowest BCUT2D eigenvalue weighted by Gasteiger charge is -2.22. The van der Waals surface area contributed by atoms with Gasteiger partial charge in [-0.05, 0) is 42.8 Å². The maximum absolute atomic E-state index is 11.2. The predicted octanol–water partition coefficient (Wildman–Crippen LogP) is 2.44. The van der Waals surface area contributed by atoms with Gasteiger partial charge in [-0.3, -0.25) is 4.79 Å². The van der Waals surface area contributed by atoms with Gasteiger partial charge in [-0.2, -0.15) is 0 Å². The van der Waals surface area contributed by atoms with Gasteiger partial charge in [0.1, 0.15) is 0 Å². The van der Waals surface area contributed by atoms with Gasteiger partial charge in [-0.25, -0.2) is 0 Å². The number of anilines is 3. The number of nitrogens with two attached hydrogens (primary N) is 2. The quantitative estimate of drug-likeness (QED) is 0.827. The molecule has 2 rings (SSSR count). The zero-order chi connectivity index (χ0) is 14.0. The third-order valence-corrected chi connectivity index (χ3v) is 3.07. The summed E-state index contributed by atoms with van der Waals surface area (Å²) in [5.74, 6) is -0.459. The highest BCUT2D eigenvalue weighted by atomic mass is 16.1. The first-order valence-corrected chi connectivity index (χ1v) is 5.99. The molecule has 0 bridgehead atoms. The summed E-state index contributed by atoms with van der Waals surface area (Å²) in [7, 11) is 1.91. The van der Waals surface area contributed by atoms with Crippen LogP contribution in [0.4, 0.5) is 17.1 Å². The van der Waals surface area contributed by atoms with Gasteiger partial charge in [0, 0.05) is 18.3 Å². The number of carbonyl (C=O) groups excluding carboxylic acids is 1. The molecule has 2 aromatic rings. The van der Waals surface area contributed by atoms with Gasteiger partial charge in [0.2, 0.25) is 5.91 Å². The Morgan fingerprint density at radius 1 is 1.16 bits per heavy atom. The van der Waals surface area contributed by atoms with E-state index in [4.69, 9.17) is 11.5 Å². The molecule has 1 amide bonds. The molecule has 0 heterocycles. The van der Waals surface area contributed by atoms with Crippen molar-refractivity contribution in [2.24, 2.45) is 5.73 Å². The average molecular weight is 255 g/mol. The van der Waals surface area contributed by atoms with Crippen LogP contribution in [0.15, 0.2) is 42.5 Å². The highest BCUT2D eigenvalue weighted by molar-refractivity contribution is 5.95. The molecule has 0 radical (unpaired) electrons. The van der Waals surface area contributed by atoms with Crippen LogP contribution < -0.4 is 16.4 Å². The minimum absolute atomic E-state index is 0.448. The second-order valence-electron chi connectivity index (χ2n) is 4.54. The lowest BCUT2D eigenvalue weighted by atomic mass is 10.1. The van der Waals surface area contributed by atoms with Crippen molar-refractivity contribution in [2.45, 2.75) is 6.92 Å². The number of aryl methyl sites for hydroxylation is 1. The number of primary amides is 1. The van der Waals surface area contributed by atoms with Crippen LogP contribution in [0.25, 0.3) is 0 Å². The van der Waals surface area contributed by atoms with Gasteiger partial charge in [-0.1, -0.05) is 12.1 Å². The van der Waals surface area contributed by atoms with Gasteiger partial charge in [0.15, 0.2) is 0 Å². The largest absolute Gasteiger partial charge is 0.397 e. The Morgan fingerprint density at radius 3 is 2.53 bits per heavy atom. The molecule has 0 aliphatic heterocycles. The first-order chi connectivity index (χ1) is 8.99. The third kappa shape index (κ3) is 2.68. The molecule has 0 saturated heterocycles. The number of hydrogen-bond donors (Lipinski definition) is 2. The predicted molar refractivity (Wildman–Crippen MR) is 78.6 cm³/mol. The highest BCUT2D eigenvalue weighted by Crippen LogP contribution is 2.30. The molecular weight excluding hydrogens is 238 g/mol. The molecule has 4 heteroatoms. The molecule has 2 aromatic carbocycles. The lowest BCUT2D eigenvalue weighted by molar-refractivity contribution is 0.100. The molecule has 0 spiro atoms. The Labute approximate surface area is 112 Å². The summed E-state index contributed by atoms with van der Waals surface area (Å²) in [6.45, 7) is 2.03. The van der Waals surface area contributed by atoms with E-state index >= 15 is 0 Å². The summed E-state index contributed by atoms with van der Waals surface area (Å²) < 4.78 is 0. The number of rotatable bonds is 3. The van der Waals surface area contributed by atoms with E-state index in [-0.39, 0.29) is 0 Å². The summed E-state index contributed by atoms with van der Waals surface area (Å²) in [6.07, 6.45) is 0.